The molecule has 0 amide bonds. The second-order valence-corrected chi connectivity index (χ2v) is 4.92. The zero-order valence-electron chi connectivity index (χ0n) is 8.89. The molecule has 0 spiro atoms. The van der Waals surface area contributed by atoms with Crippen LogP contribution in [0, 0.1) is 5.82 Å². The summed E-state index contributed by atoms with van der Waals surface area (Å²) in [7, 11) is 1.59. The Balaban J connectivity index is 2.80. The van der Waals surface area contributed by atoms with Gasteiger partial charge in [-0.3, -0.25) is 0 Å². The maximum Gasteiger partial charge on any atom is 0.127 e. The summed E-state index contributed by atoms with van der Waals surface area (Å²) in [5.74, 6) is -0.239. The van der Waals surface area contributed by atoms with Crippen molar-refractivity contribution in [2.75, 3.05) is 13.7 Å². The molecule has 1 aromatic rings. The lowest BCUT2D eigenvalue weighted by Gasteiger charge is -2.23. The van der Waals surface area contributed by atoms with E-state index in [-0.39, 0.29) is 5.82 Å². The van der Waals surface area contributed by atoms with Gasteiger partial charge in [-0.2, -0.15) is 0 Å². The van der Waals surface area contributed by atoms with Crippen molar-refractivity contribution in [2.24, 2.45) is 5.73 Å². The van der Waals surface area contributed by atoms with Crippen LogP contribution in [0.25, 0.3) is 0 Å². The summed E-state index contributed by atoms with van der Waals surface area (Å²) in [6.07, 6.45) is 0.458. The zero-order valence-corrected chi connectivity index (χ0v) is 10.5. The molecule has 84 valence electrons. The Hall–Kier alpha value is -0.450. The van der Waals surface area contributed by atoms with Crippen molar-refractivity contribution in [3.63, 3.8) is 0 Å². The minimum atomic E-state index is -0.538. The van der Waals surface area contributed by atoms with Gasteiger partial charge in [0, 0.05) is 17.1 Å². The fourth-order valence-corrected chi connectivity index (χ4v) is 1.81. The van der Waals surface area contributed by atoms with Crippen LogP contribution < -0.4 is 5.73 Å². The van der Waals surface area contributed by atoms with Gasteiger partial charge in [-0.15, -0.1) is 0 Å². The van der Waals surface area contributed by atoms with Crippen molar-refractivity contribution < 1.29 is 9.13 Å². The first-order valence-electron chi connectivity index (χ1n) is 4.66. The molecule has 0 aliphatic rings. The predicted molar refractivity (Wildman–Crippen MR) is 62.3 cm³/mol. The van der Waals surface area contributed by atoms with Crippen LogP contribution >= 0.6 is 15.9 Å². The van der Waals surface area contributed by atoms with E-state index in [1.807, 2.05) is 6.92 Å². The minimum Gasteiger partial charge on any atom is -0.383 e. The lowest BCUT2D eigenvalue weighted by molar-refractivity contribution is 0.140. The van der Waals surface area contributed by atoms with Gasteiger partial charge in [-0.25, -0.2) is 4.39 Å². The van der Waals surface area contributed by atoms with E-state index in [1.54, 1.807) is 19.2 Å². The number of nitrogens with two attached hydrogens (primary N) is 1. The Morgan fingerprint density at radius 3 is 2.73 bits per heavy atom. The van der Waals surface area contributed by atoms with Crippen molar-refractivity contribution >= 4 is 15.9 Å². The van der Waals surface area contributed by atoms with Gasteiger partial charge >= 0.3 is 0 Å². The molecule has 0 fully saturated rings. The molecule has 1 unspecified atom stereocenters. The zero-order chi connectivity index (χ0) is 11.5. The number of ether oxygens (including phenoxy) is 1. The monoisotopic (exact) mass is 275 g/mol. The first-order chi connectivity index (χ1) is 6.94. The van der Waals surface area contributed by atoms with Crippen LogP contribution in [0.5, 0.6) is 0 Å². The van der Waals surface area contributed by atoms with E-state index in [2.05, 4.69) is 15.9 Å². The standard InChI is InChI=1S/C11H15BrFNO/c1-11(14,7-15-2)6-8-3-4-9(12)5-10(8)13/h3-5H,6-7,14H2,1-2H3. The normalized spacial score (nSPS) is 15.0. The number of benzene rings is 1. The molecule has 0 aliphatic heterocycles. The summed E-state index contributed by atoms with van der Waals surface area (Å²) < 4.78 is 19.2. The summed E-state index contributed by atoms with van der Waals surface area (Å²) in [5, 5.41) is 0. The van der Waals surface area contributed by atoms with Gasteiger partial charge in [0.15, 0.2) is 0 Å². The molecular formula is C11H15BrFNO. The van der Waals surface area contributed by atoms with E-state index < -0.39 is 5.54 Å². The van der Waals surface area contributed by atoms with E-state index in [1.165, 1.54) is 6.07 Å². The summed E-state index contributed by atoms with van der Waals surface area (Å²) in [4.78, 5) is 0. The summed E-state index contributed by atoms with van der Waals surface area (Å²) in [6, 6.07) is 4.99. The fraction of sp³-hybridized carbons (Fsp3) is 0.455. The molecule has 2 N–H and O–H groups in total. The van der Waals surface area contributed by atoms with Gasteiger partial charge in [0.25, 0.3) is 0 Å². The molecule has 0 saturated carbocycles. The third kappa shape index (κ3) is 3.89. The van der Waals surface area contributed by atoms with Crippen LogP contribution in [-0.2, 0) is 11.2 Å². The molecule has 15 heavy (non-hydrogen) atoms. The number of rotatable bonds is 4. The third-order valence-corrected chi connectivity index (χ3v) is 2.58. The van der Waals surface area contributed by atoms with Gasteiger partial charge in [-0.05, 0) is 31.0 Å². The third-order valence-electron chi connectivity index (χ3n) is 2.08. The molecule has 1 rings (SSSR count). The van der Waals surface area contributed by atoms with Crippen LogP contribution in [0.1, 0.15) is 12.5 Å². The second-order valence-electron chi connectivity index (χ2n) is 4.00. The van der Waals surface area contributed by atoms with Gasteiger partial charge in [0.05, 0.1) is 6.61 Å². The van der Waals surface area contributed by atoms with Crippen LogP contribution in [0.4, 0.5) is 4.39 Å². The quantitative estimate of drug-likeness (QED) is 0.917. The highest BCUT2D eigenvalue weighted by Gasteiger charge is 2.20. The Morgan fingerprint density at radius 2 is 2.20 bits per heavy atom. The molecule has 0 aromatic heterocycles. The molecule has 0 saturated heterocycles. The van der Waals surface area contributed by atoms with E-state index in [0.29, 0.717) is 18.6 Å². The Labute approximate surface area is 97.7 Å². The van der Waals surface area contributed by atoms with Gasteiger partial charge in [-0.1, -0.05) is 22.0 Å². The summed E-state index contributed by atoms with van der Waals surface area (Å²) >= 11 is 3.21. The SMILES string of the molecule is COCC(C)(N)Cc1ccc(Br)cc1F. The number of halogens is 2. The van der Waals surface area contributed by atoms with E-state index >= 15 is 0 Å². The molecule has 4 heteroatoms. The van der Waals surface area contributed by atoms with E-state index in [9.17, 15) is 4.39 Å². The molecule has 1 atom stereocenters. The van der Waals surface area contributed by atoms with Crippen molar-refractivity contribution in [2.45, 2.75) is 18.9 Å². The molecule has 0 bridgehead atoms. The second kappa shape index (κ2) is 5.05. The van der Waals surface area contributed by atoms with Gasteiger partial charge in [0.2, 0.25) is 0 Å². The first-order valence-corrected chi connectivity index (χ1v) is 5.46. The van der Waals surface area contributed by atoms with Crippen molar-refractivity contribution in [3.8, 4) is 0 Å². The van der Waals surface area contributed by atoms with Crippen molar-refractivity contribution in [1.82, 2.24) is 0 Å². The average molecular weight is 276 g/mol. The molecule has 0 radical (unpaired) electrons. The van der Waals surface area contributed by atoms with Crippen LogP contribution in [0.15, 0.2) is 22.7 Å². The summed E-state index contributed by atoms with van der Waals surface area (Å²) in [6.45, 7) is 2.25. The van der Waals surface area contributed by atoms with Gasteiger partial charge < -0.3 is 10.5 Å². The molecular weight excluding hydrogens is 261 g/mol. The lowest BCUT2D eigenvalue weighted by atomic mass is 9.94. The lowest BCUT2D eigenvalue weighted by Crippen LogP contribution is -2.43. The Morgan fingerprint density at radius 1 is 1.53 bits per heavy atom. The smallest absolute Gasteiger partial charge is 0.127 e. The maximum absolute atomic E-state index is 13.5. The van der Waals surface area contributed by atoms with E-state index in [4.69, 9.17) is 10.5 Å². The van der Waals surface area contributed by atoms with Crippen LogP contribution in [0.2, 0.25) is 0 Å². The first kappa shape index (κ1) is 12.6. The van der Waals surface area contributed by atoms with Crippen LogP contribution in [-0.4, -0.2) is 19.3 Å². The minimum absolute atomic E-state index is 0.239. The molecule has 0 heterocycles. The maximum atomic E-state index is 13.5. The molecule has 2 nitrogen and oxygen atoms in total. The van der Waals surface area contributed by atoms with Crippen molar-refractivity contribution in [1.29, 1.82) is 0 Å². The highest BCUT2D eigenvalue weighted by atomic mass is 79.9. The predicted octanol–water partition coefficient (Wildman–Crippen LogP) is 2.49. The highest BCUT2D eigenvalue weighted by molar-refractivity contribution is 9.10. The number of methoxy groups -OCH3 is 1. The largest absolute Gasteiger partial charge is 0.383 e. The number of hydrogen-bond donors (Lipinski definition) is 1. The van der Waals surface area contributed by atoms with Gasteiger partial charge in [0.1, 0.15) is 5.82 Å². The topological polar surface area (TPSA) is 35.2 Å². The number of hydrogen-bond acceptors (Lipinski definition) is 2. The van der Waals surface area contributed by atoms with E-state index in [0.717, 1.165) is 4.47 Å². The Kier molecular flexibility index (Phi) is 4.25. The highest BCUT2D eigenvalue weighted by Crippen LogP contribution is 2.19. The fourth-order valence-electron chi connectivity index (χ4n) is 1.48. The molecule has 1 aromatic carbocycles. The van der Waals surface area contributed by atoms with Crippen LogP contribution in [0.3, 0.4) is 0 Å². The average Bonchev–Trinajstić information content (AvgIpc) is 2.09. The Bertz CT molecular complexity index is 341. The van der Waals surface area contributed by atoms with Crippen molar-refractivity contribution in [3.05, 3.63) is 34.1 Å². The summed E-state index contributed by atoms with van der Waals surface area (Å²) in [5.41, 5.74) is 6.04. The molecule has 0 aliphatic carbocycles.